The Balaban J connectivity index is 0. The summed E-state index contributed by atoms with van der Waals surface area (Å²) in [6.07, 6.45) is 0. The van der Waals surface area contributed by atoms with Gasteiger partial charge in [0.25, 0.3) is 0 Å². The molecule has 0 aliphatic heterocycles. The maximum atomic E-state index is 11.0. The van der Waals surface area contributed by atoms with E-state index in [0.717, 1.165) is 0 Å². The molecule has 0 aromatic heterocycles. The highest BCUT2D eigenvalue weighted by molar-refractivity contribution is 5.88. The van der Waals surface area contributed by atoms with Crippen molar-refractivity contribution in [3.8, 4) is 11.5 Å². The molecule has 0 heterocycles. The average Bonchev–Trinajstić information content (AvgIpc) is 2.37. The van der Waals surface area contributed by atoms with Crippen molar-refractivity contribution in [2.45, 2.75) is 34.6 Å². The quantitative estimate of drug-likeness (QED) is 0.482. The Morgan fingerprint density at radius 1 is 1.12 bits per heavy atom. The summed E-state index contributed by atoms with van der Waals surface area (Å²) in [4.78, 5) is 11.0. The molecule has 1 rings (SSSR count). The Hall–Kier alpha value is -1.77. The van der Waals surface area contributed by atoms with Crippen molar-refractivity contribution in [2.24, 2.45) is 0 Å². The molecule has 96 valence electrons. The summed E-state index contributed by atoms with van der Waals surface area (Å²) < 4.78 is 4.88. The van der Waals surface area contributed by atoms with Crippen LogP contribution in [0, 0.1) is 0 Å². The summed E-state index contributed by atoms with van der Waals surface area (Å²) in [5, 5.41) is 8.94. The zero-order valence-corrected chi connectivity index (χ0v) is 11.3. The summed E-state index contributed by atoms with van der Waals surface area (Å²) in [5.41, 5.74) is 0.341. The Kier molecular flexibility index (Phi) is 11.1. The first-order valence-corrected chi connectivity index (χ1v) is 5.76. The fraction of sp³-hybridized carbons (Fsp3) is 0.357. The highest BCUT2D eigenvalue weighted by Gasteiger charge is 2.04. The maximum absolute atomic E-state index is 11.0. The van der Waals surface area contributed by atoms with Crippen LogP contribution in [0.1, 0.15) is 34.6 Å². The number of carbonyl (C=O) groups excluding carboxylic acids is 1. The molecule has 1 N–H and O–H groups in total. The van der Waals surface area contributed by atoms with E-state index in [1.54, 1.807) is 6.92 Å². The molecule has 0 bridgehead atoms. The third-order valence-electron chi connectivity index (χ3n) is 1.40. The van der Waals surface area contributed by atoms with Gasteiger partial charge in [0, 0.05) is 5.57 Å². The van der Waals surface area contributed by atoms with Gasteiger partial charge in [-0.25, -0.2) is 4.79 Å². The number of phenols is 1. The molecule has 0 aliphatic carbocycles. The van der Waals surface area contributed by atoms with E-state index in [1.807, 2.05) is 27.7 Å². The van der Waals surface area contributed by atoms with Crippen LogP contribution in [-0.4, -0.2) is 11.1 Å². The van der Waals surface area contributed by atoms with Crippen LogP contribution in [0.5, 0.6) is 11.5 Å². The van der Waals surface area contributed by atoms with Gasteiger partial charge in [-0.3, -0.25) is 0 Å². The van der Waals surface area contributed by atoms with E-state index in [4.69, 9.17) is 9.84 Å². The first kappa shape index (κ1) is 17.6. The fourth-order valence-corrected chi connectivity index (χ4v) is 0.708. The van der Waals surface area contributed by atoms with Crippen molar-refractivity contribution in [3.63, 3.8) is 0 Å². The second-order valence-electron chi connectivity index (χ2n) is 2.66. The van der Waals surface area contributed by atoms with Crippen molar-refractivity contribution < 1.29 is 14.6 Å². The number of phenolic OH excluding ortho intramolecular Hbond substituents is 1. The largest absolute Gasteiger partial charge is 0.508 e. The van der Waals surface area contributed by atoms with Gasteiger partial charge in [0.1, 0.15) is 11.5 Å². The highest BCUT2D eigenvalue weighted by Crippen LogP contribution is 2.16. The summed E-state index contributed by atoms with van der Waals surface area (Å²) >= 11 is 0. The minimum atomic E-state index is -0.467. The van der Waals surface area contributed by atoms with Crippen molar-refractivity contribution in [1.82, 2.24) is 0 Å². The zero-order valence-electron chi connectivity index (χ0n) is 11.3. The summed E-state index contributed by atoms with van der Waals surface area (Å²) in [7, 11) is 0. The number of benzene rings is 1. The fourth-order valence-electron chi connectivity index (χ4n) is 0.708. The van der Waals surface area contributed by atoms with E-state index in [0.29, 0.717) is 11.3 Å². The topological polar surface area (TPSA) is 46.5 Å². The molecule has 0 unspecified atom stereocenters. The van der Waals surface area contributed by atoms with Gasteiger partial charge in [0.2, 0.25) is 0 Å². The number of esters is 1. The average molecular weight is 238 g/mol. The molecule has 3 nitrogen and oxygen atoms in total. The van der Waals surface area contributed by atoms with E-state index < -0.39 is 5.97 Å². The van der Waals surface area contributed by atoms with Gasteiger partial charge < -0.3 is 9.84 Å². The summed E-state index contributed by atoms with van der Waals surface area (Å²) in [6, 6.07) is 5.91. The van der Waals surface area contributed by atoms with Crippen LogP contribution >= 0.6 is 0 Å². The van der Waals surface area contributed by atoms with Gasteiger partial charge in [0.15, 0.2) is 0 Å². The van der Waals surface area contributed by atoms with Crippen molar-refractivity contribution in [3.05, 3.63) is 36.4 Å². The van der Waals surface area contributed by atoms with Crippen molar-refractivity contribution in [2.75, 3.05) is 0 Å². The van der Waals surface area contributed by atoms with Gasteiger partial charge in [-0.15, -0.1) is 0 Å². The first-order valence-electron chi connectivity index (χ1n) is 5.76. The Labute approximate surface area is 104 Å². The molecule has 0 amide bonds. The number of rotatable bonds is 2. The lowest BCUT2D eigenvalue weighted by Gasteiger charge is -2.02. The molecular weight excluding hydrogens is 216 g/mol. The molecular formula is C14H22O3. The van der Waals surface area contributed by atoms with E-state index >= 15 is 0 Å². The van der Waals surface area contributed by atoms with Crippen LogP contribution in [0.25, 0.3) is 0 Å². The van der Waals surface area contributed by atoms with Gasteiger partial charge >= 0.3 is 5.97 Å². The highest BCUT2D eigenvalue weighted by atomic mass is 16.5. The number of hydrogen-bond donors (Lipinski definition) is 1. The molecule has 0 radical (unpaired) electrons. The lowest BCUT2D eigenvalue weighted by molar-refractivity contribution is -0.130. The molecule has 0 fully saturated rings. The molecule has 0 saturated carbocycles. The number of carbonyl (C=O) groups is 1. The molecule has 1 aromatic carbocycles. The van der Waals surface area contributed by atoms with E-state index in [1.165, 1.54) is 24.3 Å². The van der Waals surface area contributed by atoms with Crippen LogP contribution in [-0.2, 0) is 4.79 Å². The SMILES string of the molecule is C=C(C)C(=O)Oc1ccc(O)cc1.CC.CC. The molecule has 1 aromatic rings. The number of hydrogen-bond acceptors (Lipinski definition) is 3. The second-order valence-corrected chi connectivity index (χ2v) is 2.66. The van der Waals surface area contributed by atoms with Crippen molar-refractivity contribution in [1.29, 1.82) is 0 Å². The summed E-state index contributed by atoms with van der Waals surface area (Å²) in [5.74, 6) is 0.0617. The minimum absolute atomic E-state index is 0.134. The standard InChI is InChI=1S/C10H10O3.2C2H6/c1-7(2)10(12)13-9-5-3-8(11)4-6-9;2*1-2/h3-6,11H,1H2,2H3;2*1-2H3. The van der Waals surface area contributed by atoms with E-state index in [-0.39, 0.29) is 5.75 Å². The van der Waals surface area contributed by atoms with Gasteiger partial charge in [-0.2, -0.15) is 0 Å². The number of ether oxygens (including phenoxy) is 1. The lowest BCUT2D eigenvalue weighted by Crippen LogP contribution is -2.07. The first-order chi connectivity index (χ1) is 8.09. The smallest absolute Gasteiger partial charge is 0.338 e. The molecule has 3 heteroatoms. The monoisotopic (exact) mass is 238 g/mol. The third kappa shape index (κ3) is 8.08. The molecule has 17 heavy (non-hydrogen) atoms. The van der Waals surface area contributed by atoms with E-state index in [2.05, 4.69) is 6.58 Å². The number of aromatic hydroxyl groups is 1. The predicted molar refractivity (Wildman–Crippen MR) is 71.3 cm³/mol. The van der Waals surface area contributed by atoms with Gasteiger partial charge in [0.05, 0.1) is 0 Å². The molecule has 0 spiro atoms. The van der Waals surface area contributed by atoms with Crippen LogP contribution in [0.4, 0.5) is 0 Å². The van der Waals surface area contributed by atoms with Crippen molar-refractivity contribution >= 4 is 5.97 Å². The van der Waals surface area contributed by atoms with Crippen LogP contribution in [0.15, 0.2) is 36.4 Å². The third-order valence-corrected chi connectivity index (χ3v) is 1.40. The normalized spacial score (nSPS) is 7.82. The molecule has 0 saturated heterocycles. The maximum Gasteiger partial charge on any atom is 0.338 e. The van der Waals surface area contributed by atoms with Crippen LogP contribution in [0.3, 0.4) is 0 Å². The van der Waals surface area contributed by atoms with Gasteiger partial charge in [-0.1, -0.05) is 34.3 Å². The molecule has 0 atom stereocenters. The zero-order chi connectivity index (χ0) is 13.8. The van der Waals surface area contributed by atoms with Gasteiger partial charge in [-0.05, 0) is 31.2 Å². The minimum Gasteiger partial charge on any atom is -0.508 e. The Morgan fingerprint density at radius 3 is 1.88 bits per heavy atom. The predicted octanol–water partition coefficient (Wildman–Crippen LogP) is 3.93. The Morgan fingerprint density at radius 2 is 1.53 bits per heavy atom. The summed E-state index contributed by atoms with van der Waals surface area (Å²) in [6.45, 7) is 13.0. The lowest BCUT2D eigenvalue weighted by atomic mass is 10.3. The Bertz CT molecular complexity index is 326. The molecule has 0 aliphatic rings. The van der Waals surface area contributed by atoms with Crippen LogP contribution in [0.2, 0.25) is 0 Å². The second kappa shape index (κ2) is 10.7. The van der Waals surface area contributed by atoms with E-state index in [9.17, 15) is 4.79 Å². The van der Waals surface area contributed by atoms with Crippen LogP contribution < -0.4 is 4.74 Å².